The summed E-state index contributed by atoms with van der Waals surface area (Å²) >= 11 is 0. The van der Waals surface area contributed by atoms with E-state index in [1.165, 1.54) is 12.8 Å². The molecule has 6 nitrogen and oxygen atoms in total. The summed E-state index contributed by atoms with van der Waals surface area (Å²) in [4.78, 5) is 28.5. The van der Waals surface area contributed by atoms with Crippen LogP contribution < -0.4 is 5.32 Å². The summed E-state index contributed by atoms with van der Waals surface area (Å²) in [6.45, 7) is 2.54. The number of rotatable bonds is 7. The zero-order valence-corrected chi connectivity index (χ0v) is 13.6. The van der Waals surface area contributed by atoms with Gasteiger partial charge in [-0.1, -0.05) is 18.2 Å². The number of nitrogens with one attached hydrogen (secondary N) is 1. The van der Waals surface area contributed by atoms with Gasteiger partial charge in [-0.05, 0) is 37.8 Å². The van der Waals surface area contributed by atoms with Crippen molar-refractivity contribution >= 4 is 28.5 Å². The first-order valence-corrected chi connectivity index (χ1v) is 8.12. The lowest BCUT2D eigenvalue weighted by molar-refractivity contribution is -0.120. The van der Waals surface area contributed by atoms with Crippen LogP contribution in [0.1, 0.15) is 30.3 Å². The lowest BCUT2D eigenvalue weighted by atomic mass is 10.1. The minimum atomic E-state index is -0.558. The van der Waals surface area contributed by atoms with E-state index in [1.807, 2.05) is 24.3 Å². The molecule has 0 bridgehead atoms. The van der Waals surface area contributed by atoms with Crippen LogP contribution >= 0.6 is 0 Å². The highest BCUT2D eigenvalue weighted by molar-refractivity contribution is 6.03. The Morgan fingerprint density at radius 1 is 1.29 bits per heavy atom. The van der Waals surface area contributed by atoms with E-state index in [-0.39, 0.29) is 24.8 Å². The number of hydrogen-bond acceptors (Lipinski definition) is 5. The molecule has 1 amide bonds. The highest BCUT2D eigenvalue weighted by Crippen LogP contribution is 2.28. The number of benzene rings is 1. The number of nitrogens with zero attached hydrogens (tertiary/aromatic N) is 1. The number of carbonyl (C=O) groups excluding carboxylic acids is 2. The van der Waals surface area contributed by atoms with Crippen LogP contribution in [0.5, 0.6) is 0 Å². The number of ether oxygens (including phenoxy) is 2. The smallest absolute Gasteiger partial charge is 0.359 e. The van der Waals surface area contributed by atoms with Gasteiger partial charge in [-0.3, -0.25) is 4.79 Å². The topological polar surface area (TPSA) is 77.5 Å². The Morgan fingerprint density at radius 3 is 2.83 bits per heavy atom. The number of para-hydroxylation sites is 1. The maximum absolute atomic E-state index is 12.1. The van der Waals surface area contributed by atoms with Crippen molar-refractivity contribution in [2.24, 2.45) is 5.92 Å². The predicted octanol–water partition coefficient (Wildman–Crippen LogP) is 2.78. The third-order valence-electron chi connectivity index (χ3n) is 3.75. The molecule has 0 atom stereocenters. The summed E-state index contributed by atoms with van der Waals surface area (Å²) in [5.74, 6) is -0.272. The van der Waals surface area contributed by atoms with Crippen LogP contribution in [0, 0.1) is 5.92 Å². The monoisotopic (exact) mass is 328 g/mol. The number of anilines is 1. The van der Waals surface area contributed by atoms with E-state index in [0.29, 0.717) is 23.7 Å². The Bertz CT molecular complexity index is 756. The quantitative estimate of drug-likeness (QED) is 0.791. The van der Waals surface area contributed by atoms with Crippen LogP contribution in [0.15, 0.2) is 30.3 Å². The summed E-state index contributed by atoms with van der Waals surface area (Å²) in [6, 6.07) is 9.12. The highest BCUT2D eigenvalue weighted by atomic mass is 16.5. The summed E-state index contributed by atoms with van der Waals surface area (Å²) < 4.78 is 10.4. The van der Waals surface area contributed by atoms with Crippen LogP contribution in [0.3, 0.4) is 0 Å². The van der Waals surface area contributed by atoms with Crippen molar-refractivity contribution in [3.8, 4) is 0 Å². The number of hydrogen-bond donors (Lipinski definition) is 1. The molecule has 1 aliphatic carbocycles. The summed E-state index contributed by atoms with van der Waals surface area (Å²) in [7, 11) is 0. The van der Waals surface area contributed by atoms with Crippen molar-refractivity contribution in [3.05, 3.63) is 36.0 Å². The first-order valence-electron chi connectivity index (χ1n) is 8.12. The van der Waals surface area contributed by atoms with E-state index < -0.39 is 5.97 Å². The van der Waals surface area contributed by atoms with Crippen LogP contribution in [0.2, 0.25) is 0 Å². The van der Waals surface area contributed by atoms with Gasteiger partial charge in [0.15, 0.2) is 5.69 Å². The van der Waals surface area contributed by atoms with Crippen molar-refractivity contribution in [1.82, 2.24) is 4.98 Å². The van der Waals surface area contributed by atoms with E-state index >= 15 is 0 Å². The highest BCUT2D eigenvalue weighted by Gasteiger charge is 2.22. The third kappa shape index (κ3) is 4.08. The Labute approximate surface area is 140 Å². The second-order valence-corrected chi connectivity index (χ2v) is 5.80. The van der Waals surface area contributed by atoms with Crippen LogP contribution in [0.4, 0.5) is 5.69 Å². The van der Waals surface area contributed by atoms with Crippen molar-refractivity contribution in [2.45, 2.75) is 19.8 Å². The van der Waals surface area contributed by atoms with Gasteiger partial charge >= 0.3 is 5.97 Å². The Kier molecular flexibility index (Phi) is 5.05. The second-order valence-electron chi connectivity index (χ2n) is 5.80. The van der Waals surface area contributed by atoms with Crippen molar-refractivity contribution < 1.29 is 19.1 Å². The van der Waals surface area contributed by atoms with Crippen LogP contribution in [-0.4, -0.2) is 36.7 Å². The van der Waals surface area contributed by atoms with Crippen molar-refractivity contribution in [1.29, 1.82) is 0 Å². The predicted molar refractivity (Wildman–Crippen MR) is 89.9 cm³/mol. The SMILES string of the molecule is CCOC(=O)c1nc2ccccc2cc1NC(=O)COCC1CC1. The fourth-order valence-electron chi connectivity index (χ4n) is 2.36. The molecule has 1 aromatic carbocycles. The number of esters is 1. The molecule has 0 unspecified atom stereocenters. The molecular weight excluding hydrogens is 308 g/mol. The minimum absolute atomic E-state index is 0.0361. The summed E-state index contributed by atoms with van der Waals surface area (Å²) in [6.07, 6.45) is 2.34. The average Bonchev–Trinajstić information content (AvgIpc) is 3.38. The molecule has 126 valence electrons. The maximum atomic E-state index is 12.1. The van der Waals surface area contributed by atoms with Gasteiger partial charge < -0.3 is 14.8 Å². The van der Waals surface area contributed by atoms with Crippen LogP contribution in [0.25, 0.3) is 10.9 Å². The fourth-order valence-corrected chi connectivity index (χ4v) is 2.36. The van der Waals surface area contributed by atoms with Gasteiger partial charge in [0.2, 0.25) is 5.91 Å². The van der Waals surface area contributed by atoms with E-state index in [4.69, 9.17) is 9.47 Å². The second kappa shape index (κ2) is 7.40. The fraction of sp³-hybridized carbons (Fsp3) is 0.389. The molecule has 1 aliphatic rings. The molecule has 0 spiro atoms. The Hall–Kier alpha value is -2.47. The molecule has 0 radical (unpaired) electrons. The van der Waals surface area contributed by atoms with Crippen molar-refractivity contribution in [2.75, 3.05) is 25.1 Å². The third-order valence-corrected chi connectivity index (χ3v) is 3.75. The molecule has 24 heavy (non-hydrogen) atoms. The number of amides is 1. The van der Waals surface area contributed by atoms with Crippen LogP contribution in [-0.2, 0) is 14.3 Å². The summed E-state index contributed by atoms with van der Waals surface area (Å²) in [5, 5.41) is 3.54. The van der Waals surface area contributed by atoms with Gasteiger partial charge in [0, 0.05) is 5.39 Å². The molecule has 1 fully saturated rings. The van der Waals surface area contributed by atoms with Gasteiger partial charge in [-0.15, -0.1) is 0 Å². The molecule has 1 N–H and O–H groups in total. The molecule has 1 aromatic heterocycles. The van der Waals surface area contributed by atoms with E-state index in [9.17, 15) is 9.59 Å². The number of pyridine rings is 1. The molecule has 2 aromatic rings. The first kappa shape index (κ1) is 16.4. The molecule has 0 aliphatic heterocycles. The van der Waals surface area contributed by atoms with E-state index in [0.717, 1.165) is 5.39 Å². The average molecular weight is 328 g/mol. The largest absolute Gasteiger partial charge is 0.461 e. The molecular formula is C18H20N2O4. The zero-order valence-electron chi connectivity index (χ0n) is 13.6. The Morgan fingerprint density at radius 2 is 2.08 bits per heavy atom. The lowest BCUT2D eigenvalue weighted by Gasteiger charge is -2.11. The lowest BCUT2D eigenvalue weighted by Crippen LogP contribution is -2.21. The van der Waals surface area contributed by atoms with Crippen molar-refractivity contribution in [3.63, 3.8) is 0 Å². The minimum Gasteiger partial charge on any atom is -0.461 e. The summed E-state index contributed by atoms with van der Waals surface area (Å²) in [5.41, 5.74) is 1.11. The number of aromatic nitrogens is 1. The number of fused-ring (bicyclic) bond motifs is 1. The van der Waals surface area contributed by atoms with Gasteiger partial charge in [0.05, 0.1) is 24.4 Å². The van der Waals surface area contributed by atoms with Gasteiger partial charge in [-0.2, -0.15) is 0 Å². The van der Waals surface area contributed by atoms with Gasteiger partial charge in [0.25, 0.3) is 0 Å². The standard InChI is InChI=1S/C18H20N2O4/c1-2-24-18(22)17-15(9-13-5-3-4-6-14(13)20-17)19-16(21)11-23-10-12-7-8-12/h3-6,9,12H,2,7-8,10-11H2,1H3,(H,19,21). The zero-order chi connectivity index (χ0) is 16.9. The number of carbonyl (C=O) groups is 2. The molecule has 1 saturated carbocycles. The van der Waals surface area contributed by atoms with Gasteiger partial charge in [0.1, 0.15) is 6.61 Å². The first-order chi connectivity index (χ1) is 11.7. The molecule has 6 heteroatoms. The molecule has 1 heterocycles. The van der Waals surface area contributed by atoms with E-state index in [2.05, 4.69) is 10.3 Å². The normalized spacial score (nSPS) is 13.7. The molecule has 0 saturated heterocycles. The maximum Gasteiger partial charge on any atom is 0.359 e. The molecule has 3 rings (SSSR count). The van der Waals surface area contributed by atoms with E-state index in [1.54, 1.807) is 13.0 Å². The Balaban J connectivity index is 1.78. The van der Waals surface area contributed by atoms with Gasteiger partial charge in [-0.25, -0.2) is 9.78 Å².